The van der Waals surface area contributed by atoms with Crippen LogP contribution in [0.5, 0.6) is 11.5 Å². The lowest BCUT2D eigenvalue weighted by Crippen LogP contribution is -2.00. The largest absolute Gasteiger partial charge is 0.457 e. The molecule has 6 aromatic heterocycles. The van der Waals surface area contributed by atoms with Crippen LogP contribution in [-0.4, -0.2) is 28.7 Å². The van der Waals surface area contributed by atoms with E-state index in [1.807, 2.05) is 47.4 Å². The van der Waals surface area contributed by atoms with Crippen LogP contribution in [0.3, 0.4) is 0 Å². The number of rotatable bonds is 4. The zero-order chi connectivity index (χ0) is 34.4. The van der Waals surface area contributed by atoms with E-state index in [4.69, 9.17) is 14.7 Å². The van der Waals surface area contributed by atoms with Crippen molar-refractivity contribution in [2.75, 3.05) is 0 Å². The highest BCUT2D eigenvalue weighted by Crippen LogP contribution is 2.39. The quantitative estimate of drug-likeness (QED) is 0.176. The Balaban J connectivity index is 1.19. The second-order valence-electron chi connectivity index (χ2n) is 13.4. The summed E-state index contributed by atoms with van der Waals surface area (Å²) in [5.41, 5.74) is 12.5. The van der Waals surface area contributed by atoms with Gasteiger partial charge >= 0.3 is 0 Å². The normalized spacial score (nSPS) is 11.9. The Morgan fingerprint density at radius 2 is 1.08 bits per heavy atom. The molecule has 0 aliphatic heterocycles. The lowest BCUT2D eigenvalue weighted by atomic mass is 9.98. The number of ether oxygens (including phenoxy) is 1. The molecule has 0 radical (unpaired) electrons. The van der Waals surface area contributed by atoms with Crippen LogP contribution >= 0.6 is 0 Å². The molecule has 0 saturated heterocycles. The van der Waals surface area contributed by atoms with Gasteiger partial charge in [0.05, 0.1) is 17.6 Å². The number of aryl methyl sites for hydroxylation is 4. The van der Waals surface area contributed by atoms with E-state index in [9.17, 15) is 0 Å². The zero-order valence-corrected chi connectivity index (χ0v) is 28.6. The first-order chi connectivity index (χ1) is 24.9. The Morgan fingerprint density at radius 3 is 1.78 bits per heavy atom. The van der Waals surface area contributed by atoms with Gasteiger partial charge in [0.15, 0.2) is 0 Å². The maximum absolute atomic E-state index is 6.62. The lowest BCUT2D eigenvalue weighted by molar-refractivity contribution is 0.484. The number of pyridine rings is 4. The zero-order valence-electron chi connectivity index (χ0n) is 28.6. The molecule has 7 heteroatoms. The maximum atomic E-state index is 6.62. The van der Waals surface area contributed by atoms with Crippen molar-refractivity contribution in [3.05, 3.63) is 144 Å². The van der Waals surface area contributed by atoms with E-state index < -0.39 is 0 Å². The van der Waals surface area contributed by atoms with Gasteiger partial charge in [0.1, 0.15) is 34.1 Å². The Labute approximate surface area is 293 Å². The molecule has 51 heavy (non-hydrogen) atoms. The molecule has 0 unspecified atom stereocenters. The van der Waals surface area contributed by atoms with Crippen molar-refractivity contribution in [3.8, 4) is 34.0 Å². The predicted octanol–water partition coefficient (Wildman–Crippen LogP) is 10.7. The summed E-state index contributed by atoms with van der Waals surface area (Å²) >= 11 is 0. The molecule has 0 fully saturated rings. The van der Waals surface area contributed by atoms with E-state index >= 15 is 0 Å². The number of nitrogens with zero attached hydrogens (tertiary/aromatic N) is 6. The number of imidazole rings is 2. The first-order valence-electron chi connectivity index (χ1n) is 17.1. The van der Waals surface area contributed by atoms with Crippen molar-refractivity contribution < 1.29 is 4.74 Å². The molecule has 10 rings (SSSR count). The smallest absolute Gasteiger partial charge is 0.147 e. The molecule has 7 nitrogen and oxygen atoms in total. The van der Waals surface area contributed by atoms with Crippen LogP contribution in [0, 0.1) is 27.7 Å². The summed E-state index contributed by atoms with van der Waals surface area (Å²) in [4.78, 5) is 19.8. The highest BCUT2D eigenvalue weighted by molar-refractivity contribution is 6.13. The molecule has 0 amide bonds. The minimum atomic E-state index is 0.724. The van der Waals surface area contributed by atoms with Crippen LogP contribution in [0.2, 0.25) is 0 Å². The predicted molar refractivity (Wildman–Crippen MR) is 206 cm³/mol. The number of aromatic nitrogens is 6. The van der Waals surface area contributed by atoms with E-state index in [0.29, 0.717) is 0 Å². The number of fused-ring (bicyclic) bond motifs is 12. The molecular formula is C44H32N6O. The third-order valence-electron chi connectivity index (χ3n) is 10.3. The summed E-state index contributed by atoms with van der Waals surface area (Å²) in [5, 5.41) is 6.27. The topological polar surface area (TPSA) is 69.6 Å². The van der Waals surface area contributed by atoms with E-state index in [-0.39, 0.29) is 0 Å². The van der Waals surface area contributed by atoms with E-state index in [2.05, 4.69) is 121 Å². The summed E-state index contributed by atoms with van der Waals surface area (Å²) in [5.74, 6) is 1.45. The summed E-state index contributed by atoms with van der Waals surface area (Å²) < 4.78 is 10.9. The average Bonchev–Trinajstić information content (AvgIpc) is 3.81. The van der Waals surface area contributed by atoms with Gasteiger partial charge in [-0.15, -0.1) is 0 Å². The van der Waals surface area contributed by atoms with Crippen LogP contribution < -0.4 is 4.74 Å². The van der Waals surface area contributed by atoms with Crippen molar-refractivity contribution in [2.45, 2.75) is 27.7 Å². The van der Waals surface area contributed by atoms with Crippen LogP contribution in [0.15, 0.2) is 122 Å². The molecule has 0 atom stereocenters. The molecule has 0 aliphatic rings. The molecule has 6 heterocycles. The van der Waals surface area contributed by atoms with Gasteiger partial charge in [0.25, 0.3) is 0 Å². The Hall–Kier alpha value is -6.60. The monoisotopic (exact) mass is 660 g/mol. The van der Waals surface area contributed by atoms with Gasteiger partial charge in [-0.2, -0.15) is 0 Å². The van der Waals surface area contributed by atoms with Crippen molar-refractivity contribution in [2.24, 2.45) is 0 Å². The fourth-order valence-electron chi connectivity index (χ4n) is 7.96. The molecule has 10 aromatic rings. The summed E-state index contributed by atoms with van der Waals surface area (Å²) in [7, 11) is 0. The molecule has 0 saturated carbocycles. The molecule has 0 spiro atoms. The minimum absolute atomic E-state index is 0.724. The maximum Gasteiger partial charge on any atom is 0.147 e. The summed E-state index contributed by atoms with van der Waals surface area (Å²) in [6.07, 6.45) is 7.57. The van der Waals surface area contributed by atoms with Crippen LogP contribution in [-0.2, 0) is 0 Å². The molecule has 0 aliphatic carbocycles. The van der Waals surface area contributed by atoms with Crippen molar-refractivity contribution >= 4 is 54.9 Å². The third-order valence-corrected chi connectivity index (χ3v) is 10.3. The first kappa shape index (κ1) is 29.3. The van der Waals surface area contributed by atoms with Crippen molar-refractivity contribution in [1.29, 1.82) is 0 Å². The summed E-state index contributed by atoms with van der Waals surface area (Å²) in [6, 6.07) is 33.7. The fraction of sp³-hybridized carbons (Fsp3) is 0.0909. The average molecular weight is 661 g/mol. The first-order valence-corrected chi connectivity index (χ1v) is 17.1. The second-order valence-corrected chi connectivity index (χ2v) is 13.4. The standard InChI is InChI=1S/C44H32N6O/c1-25-8-5-9-26(2)39(25)37-18-17-34-32-16-14-30(23-36(32)43-47-24-38(50(43)44(34)48-37)40-27(3)10-6-11-28(40)4)51-29-13-15-31-33-12-7-19-45-41(33)49-21-20-46-42(49)35(31)22-29/h5-24H,1-4H3. The van der Waals surface area contributed by atoms with Gasteiger partial charge in [-0.25, -0.2) is 19.9 Å². The van der Waals surface area contributed by atoms with E-state index in [1.54, 1.807) is 0 Å². The van der Waals surface area contributed by atoms with Gasteiger partial charge in [0.2, 0.25) is 0 Å². The Kier molecular flexibility index (Phi) is 6.30. The Morgan fingerprint density at radius 1 is 0.490 bits per heavy atom. The molecule has 0 N–H and O–H groups in total. The molecule has 244 valence electrons. The highest BCUT2D eigenvalue weighted by Gasteiger charge is 2.20. The molecule has 0 bridgehead atoms. The molecule has 4 aromatic carbocycles. The van der Waals surface area contributed by atoms with Gasteiger partial charge in [-0.05, 0) is 121 Å². The number of hydrogen-bond donors (Lipinski definition) is 0. The lowest BCUT2D eigenvalue weighted by Gasteiger charge is -2.16. The summed E-state index contributed by atoms with van der Waals surface area (Å²) in [6.45, 7) is 8.62. The van der Waals surface area contributed by atoms with Gasteiger partial charge in [-0.1, -0.05) is 36.4 Å². The number of benzene rings is 4. The second kappa shape index (κ2) is 11.0. The van der Waals surface area contributed by atoms with Gasteiger partial charge < -0.3 is 4.74 Å². The third kappa shape index (κ3) is 4.37. The van der Waals surface area contributed by atoms with Crippen molar-refractivity contribution in [1.82, 2.24) is 28.7 Å². The Bertz CT molecular complexity index is 3020. The number of hydrogen-bond acceptors (Lipinski definition) is 5. The van der Waals surface area contributed by atoms with E-state index in [0.717, 1.165) is 83.4 Å². The fourth-order valence-corrected chi connectivity index (χ4v) is 7.96. The van der Waals surface area contributed by atoms with Crippen LogP contribution in [0.25, 0.3) is 77.4 Å². The van der Waals surface area contributed by atoms with E-state index in [1.165, 1.54) is 27.8 Å². The van der Waals surface area contributed by atoms with Crippen LogP contribution in [0.1, 0.15) is 22.3 Å². The molecular weight excluding hydrogens is 629 g/mol. The van der Waals surface area contributed by atoms with Crippen LogP contribution in [0.4, 0.5) is 0 Å². The highest BCUT2D eigenvalue weighted by atomic mass is 16.5. The SMILES string of the molecule is Cc1cccc(C)c1-c1ccc2c3ccc(Oc4ccc5c6cccnc6n6ccnc6c5c4)cc3c3ncc(-c4c(C)cccc4C)n3c2n1. The van der Waals surface area contributed by atoms with Gasteiger partial charge in [0, 0.05) is 51.3 Å². The minimum Gasteiger partial charge on any atom is -0.457 e. The van der Waals surface area contributed by atoms with Gasteiger partial charge in [-0.3, -0.25) is 8.80 Å². The van der Waals surface area contributed by atoms with Crippen molar-refractivity contribution in [3.63, 3.8) is 0 Å².